The van der Waals surface area contributed by atoms with Gasteiger partial charge in [0.2, 0.25) is 0 Å². The maximum absolute atomic E-state index is 12.9. The second kappa shape index (κ2) is 8.90. The number of rotatable bonds is 7. The topological polar surface area (TPSA) is 68.6 Å². The van der Waals surface area contributed by atoms with Crippen molar-refractivity contribution in [3.05, 3.63) is 42.5 Å². The molecule has 2 aromatic rings. The van der Waals surface area contributed by atoms with Gasteiger partial charge >= 0.3 is 6.03 Å². The van der Waals surface area contributed by atoms with Gasteiger partial charge in [0.1, 0.15) is 18.2 Å². The number of nitrogens with one attached hydrogen (secondary N) is 1. The van der Waals surface area contributed by atoms with Crippen LogP contribution in [0.3, 0.4) is 0 Å². The zero-order chi connectivity index (χ0) is 19.2. The third-order valence-corrected chi connectivity index (χ3v) is 4.69. The van der Waals surface area contributed by atoms with Gasteiger partial charge < -0.3 is 24.3 Å². The second-order valence-corrected chi connectivity index (χ2v) is 7.05. The van der Waals surface area contributed by atoms with E-state index >= 15 is 0 Å². The van der Waals surface area contributed by atoms with Gasteiger partial charge in [-0.15, -0.1) is 0 Å². The van der Waals surface area contributed by atoms with Gasteiger partial charge in [-0.3, -0.25) is 0 Å². The smallest absolute Gasteiger partial charge is 0.322 e. The van der Waals surface area contributed by atoms with Gasteiger partial charge in [0, 0.05) is 32.1 Å². The Balaban J connectivity index is 1.67. The molecule has 0 unspecified atom stereocenters. The molecular formula is C20H28N4O3. The molecule has 2 heterocycles. The van der Waals surface area contributed by atoms with Gasteiger partial charge in [-0.25, -0.2) is 9.78 Å². The summed E-state index contributed by atoms with van der Waals surface area (Å²) in [6, 6.07) is 7.34. The SMILES string of the molecule is CC(C)N(Cc1nccn1C)C(=O)Nc1ccccc1OC[C@H]1CCCO1. The van der Waals surface area contributed by atoms with E-state index < -0.39 is 0 Å². The van der Waals surface area contributed by atoms with Gasteiger partial charge in [-0.1, -0.05) is 12.1 Å². The molecule has 1 aromatic heterocycles. The highest BCUT2D eigenvalue weighted by atomic mass is 16.5. The van der Waals surface area contributed by atoms with Gasteiger partial charge in [0.05, 0.1) is 18.3 Å². The molecule has 3 rings (SSSR count). The summed E-state index contributed by atoms with van der Waals surface area (Å²) < 4.78 is 13.4. The summed E-state index contributed by atoms with van der Waals surface area (Å²) in [5.41, 5.74) is 0.658. The highest BCUT2D eigenvalue weighted by Crippen LogP contribution is 2.26. The molecule has 1 aliphatic rings. The third kappa shape index (κ3) is 5.01. The molecule has 1 saturated heterocycles. The Kier molecular flexibility index (Phi) is 6.34. The number of anilines is 1. The highest BCUT2D eigenvalue weighted by molar-refractivity contribution is 5.91. The van der Waals surface area contributed by atoms with Crippen molar-refractivity contribution >= 4 is 11.7 Å². The summed E-state index contributed by atoms with van der Waals surface area (Å²) >= 11 is 0. The fourth-order valence-corrected chi connectivity index (χ4v) is 3.03. The normalized spacial score (nSPS) is 16.5. The van der Waals surface area contributed by atoms with Crippen molar-refractivity contribution in [2.45, 2.75) is 45.4 Å². The molecule has 1 aromatic carbocycles. The van der Waals surface area contributed by atoms with Crippen molar-refractivity contribution in [3.63, 3.8) is 0 Å². The van der Waals surface area contributed by atoms with E-state index in [0.717, 1.165) is 25.3 Å². The van der Waals surface area contributed by atoms with Crippen molar-refractivity contribution in [2.75, 3.05) is 18.5 Å². The Hall–Kier alpha value is -2.54. The maximum Gasteiger partial charge on any atom is 0.322 e. The van der Waals surface area contributed by atoms with Crippen molar-refractivity contribution < 1.29 is 14.3 Å². The number of aromatic nitrogens is 2. The fraction of sp³-hybridized carbons (Fsp3) is 0.500. The standard InChI is InChI=1S/C20H28N4O3/c1-15(2)24(13-19-21-10-11-23(19)3)20(25)22-17-8-4-5-9-18(17)27-14-16-7-6-12-26-16/h4-5,8-11,15-16H,6-7,12-14H2,1-3H3,(H,22,25)/t16-/m1/s1. The average molecular weight is 372 g/mol. The molecule has 7 heteroatoms. The molecular weight excluding hydrogens is 344 g/mol. The van der Waals surface area contributed by atoms with Crippen LogP contribution in [0.2, 0.25) is 0 Å². The van der Waals surface area contributed by atoms with Gasteiger partial charge in [-0.2, -0.15) is 0 Å². The van der Waals surface area contributed by atoms with Crippen LogP contribution in [0, 0.1) is 0 Å². The minimum Gasteiger partial charge on any atom is -0.489 e. The molecule has 0 spiro atoms. The van der Waals surface area contributed by atoms with E-state index in [0.29, 0.717) is 24.6 Å². The van der Waals surface area contributed by atoms with Crippen LogP contribution in [0.15, 0.2) is 36.7 Å². The number of nitrogens with zero attached hydrogens (tertiary/aromatic N) is 3. The predicted octanol–water partition coefficient (Wildman–Crippen LogP) is 3.42. The number of carbonyl (C=O) groups excluding carboxylic acids is 1. The molecule has 1 atom stereocenters. The van der Waals surface area contributed by atoms with Gasteiger partial charge in [0.15, 0.2) is 0 Å². The van der Waals surface area contributed by atoms with Crippen LogP contribution in [0.1, 0.15) is 32.5 Å². The Labute approximate surface area is 160 Å². The molecule has 1 N–H and O–H groups in total. The van der Waals surface area contributed by atoms with Crippen molar-refractivity contribution in [2.24, 2.45) is 7.05 Å². The number of hydrogen-bond acceptors (Lipinski definition) is 4. The summed E-state index contributed by atoms with van der Waals surface area (Å²) in [4.78, 5) is 19.0. The Morgan fingerprint density at radius 2 is 2.26 bits per heavy atom. The molecule has 7 nitrogen and oxygen atoms in total. The Morgan fingerprint density at radius 1 is 1.44 bits per heavy atom. The maximum atomic E-state index is 12.9. The van der Waals surface area contributed by atoms with E-state index in [2.05, 4.69) is 10.3 Å². The molecule has 0 aliphatic carbocycles. The lowest BCUT2D eigenvalue weighted by atomic mass is 10.2. The average Bonchev–Trinajstić information content (AvgIpc) is 3.30. The van der Waals surface area contributed by atoms with E-state index in [4.69, 9.17) is 9.47 Å². The summed E-state index contributed by atoms with van der Waals surface area (Å²) in [7, 11) is 1.92. The molecule has 0 radical (unpaired) electrons. The molecule has 2 amide bonds. The minimum absolute atomic E-state index is 0.0293. The fourth-order valence-electron chi connectivity index (χ4n) is 3.03. The minimum atomic E-state index is -0.179. The monoisotopic (exact) mass is 372 g/mol. The molecule has 27 heavy (non-hydrogen) atoms. The molecule has 1 aliphatic heterocycles. The van der Waals surface area contributed by atoms with Crippen LogP contribution in [0.5, 0.6) is 5.75 Å². The Morgan fingerprint density at radius 3 is 2.93 bits per heavy atom. The van der Waals surface area contributed by atoms with E-state index in [1.54, 1.807) is 11.1 Å². The first-order chi connectivity index (χ1) is 13.0. The summed E-state index contributed by atoms with van der Waals surface area (Å²) in [6.45, 7) is 5.70. The number of hydrogen-bond donors (Lipinski definition) is 1. The zero-order valence-electron chi connectivity index (χ0n) is 16.2. The first-order valence-electron chi connectivity index (χ1n) is 9.42. The van der Waals surface area contributed by atoms with E-state index in [-0.39, 0.29) is 18.2 Å². The number of amides is 2. The first-order valence-corrected chi connectivity index (χ1v) is 9.42. The quantitative estimate of drug-likeness (QED) is 0.809. The van der Waals surface area contributed by atoms with Crippen LogP contribution >= 0.6 is 0 Å². The number of benzene rings is 1. The third-order valence-electron chi connectivity index (χ3n) is 4.69. The van der Waals surface area contributed by atoms with Crippen LogP contribution in [-0.4, -0.2) is 45.8 Å². The lowest BCUT2D eigenvalue weighted by Crippen LogP contribution is -2.40. The summed E-state index contributed by atoms with van der Waals surface area (Å²) in [5.74, 6) is 1.49. The van der Waals surface area contributed by atoms with E-state index in [1.165, 1.54) is 0 Å². The van der Waals surface area contributed by atoms with Crippen LogP contribution in [0.25, 0.3) is 0 Å². The lowest BCUT2D eigenvalue weighted by Gasteiger charge is -2.27. The largest absolute Gasteiger partial charge is 0.489 e. The van der Waals surface area contributed by atoms with Crippen molar-refractivity contribution in [1.82, 2.24) is 14.5 Å². The molecule has 0 saturated carbocycles. The number of urea groups is 1. The summed E-state index contributed by atoms with van der Waals surface area (Å²) in [6.07, 6.45) is 5.83. The van der Waals surface area contributed by atoms with Crippen LogP contribution < -0.4 is 10.1 Å². The van der Waals surface area contributed by atoms with Gasteiger partial charge in [-0.05, 0) is 38.8 Å². The highest BCUT2D eigenvalue weighted by Gasteiger charge is 2.21. The van der Waals surface area contributed by atoms with E-state index in [9.17, 15) is 4.79 Å². The molecule has 146 valence electrons. The van der Waals surface area contributed by atoms with Crippen LogP contribution in [-0.2, 0) is 18.3 Å². The van der Waals surface area contributed by atoms with Crippen LogP contribution in [0.4, 0.5) is 10.5 Å². The lowest BCUT2D eigenvalue weighted by molar-refractivity contribution is 0.0682. The molecule has 0 bridgehead atoms. The van der Waals surface area contributed by atoms with E-state index in [1.807, 2.05) is 55.9 Å². The first kappa shape index (κ1) is 19.2. The molecule has 1 fully saturated rings. The number of imidazole rings is 1. The second-order valence-electron chi connectivity index (χ2n) is 7.05. The number of aryl methyl sites for hydroxylation is 1. The summed E-state index contributed by atoms with van der Waals surface area (Å²) in [5, 5.41) is 2.98. The Bertz CT molecular complexity index is 753. The number of carbonyl (C=O) groups is 1. The predicted molar refractivity (Wildman–Crippen MR) is 104 cm³/mol. The zero-order valence-corrected chi connectivity index (χ0v) is 16.2. The number of para-hydroxylation sites is 2. The van der Waals surface area contributed by atoms with Gasteiger partial charge in [0.25, 0.3) is 0 Å². The van der Waals surface area contributed by atoms with Crippen molar-refractivity contribution in [3.8, 4) is 5.75 Å². The van der Waals surface area contributed by atoms with Crippen molar-refractivity contribution in [1.29, 1.82) is 0 Å². The number of ether oxygens (including phenoxy) is 2.